The van der Waals surface area contributed by atoms with Crippen LogP contribution in [0.1, 0.15) is 18.9 Å². The molecule has 2 amide bonds. The number of urea groups is 1. The monoisotopic (exact) mass is 240 g/mol. The standard InChI is InChI=1S/C10H16N4O3/c1-3-8(9(15)16)13-10(17)14(2)6-7-4-11-12-5-7/h4-5,8H,3,6H2,1-2H3,(H,11,12)(H,13,17)(H,15,16)/t8-/m0/s1. The lowest BCUT2D eigenvalue weighted by molar-refractivity contribution is -0.139. The minimum absolute atomic E-state index is 0.348. The fourth-order valence-corrected chi connectivity index (χ4v) is 1.31. The minimum atomic E-state index is -1.03. The van der Waals surface area contributed by atoms with Crippen LogP contribution in [-0.4, -0.2) is 45.3 Å². The summed E-state index contributed by atoms with van der Waals surface area (Å²) in [5.74, 6) is -1.03. The Bertz CT molecular complexity index is 377. The zero-order chi connectivity index (χ0) is 12.8. The second-order valence-electron chi connectivity index (χ2n) is 3.71. The van der Waals surface area contributed by atoms with Gasteiger partial charge < -0.3 is 15.3 Å². The maximum Gasteiger partial charge on any atom is 0.326 e. The van der Waals surface area contributed by atoms with Crippen LogP contribution in [0.25, 0.3) is 0 Å². The van der Waals surface area contributed by atoms with E-state index in [0.717, 1.165) is 5.56 Å². The van der Waals surface area contributed by atoms with Gasteiger partial charge in [-0.15, -0.1) is 0 Å². The topological polar surface area (TPSA) is 98.3 Å². The first-order chi connectivity index (χ1) is 8.04. The quantitative estimate of drug-likeness (QED) is 0.694. The van der Waals surface area contributed by atoms with E-state index >= 15 is 0 Å². The van der Waals surface area contributed by atoms with Gasteiger partial charge in [-0.1, -0.05) is 6.92 Å². The first-order valence-electron chi connectivity index (χ1n) is 5.26. The lowest BCUT2D eigenvalue weighted by Gasteiger charge is -2.20. The highest BCUT2D eigenvalue weighted by atomic mass is 16.4. The van der Waals surface area contributed by atoms with Gasteiger partial charge in [0, 0.05) is 18.8 Å². The van der Waals surface area contributed by atoms with Gasteiger partial charge in [0.2, 0.25) is 0 Å². The number of carboxylic acids is 1. The van der Waals surface area contributed by atoms with Crippen molar-refractivity contribution in [1.29, 1.82) is 0 Å². The summed E-state index contributed by atoms with van der Waals surface area (Å²) in [6.07, 6.45) is 3.64. The molecule has 7 nitrogen and oxygen atoms in total. The van der Waals surface area contributed by atoms with Crippen LogP contribution in [0.2, 0.25) is 0 Å². The molecule has 0 saturated carbocycles. The van der Waals surface area contributed by atoms with Crippen LogP contribution in [0.3, 0.4) is 0 Å². The molecular weight excluding hydrogens is 224 g/mol. The molecule has 3 N–H and O–H groups in total. The third-order valence-electron chi connectivity index (χ3n) is 2.33. The number of nitrogens with one attached hydrogen (secondary N) is 2. The van der Waals surface area contributed by atoms with Crippen molar-refractivity contribution >= 4 is 12.0 Å². The van der Waals surface area contributed by atoms with Crippen molar-refractivity contribution in [2.24, 2.45) is 0 Å². The number of aromatic nitrogens is 2. The van der Waals surface area contributed by atoms with Crippen molar-refractivity contribution in [2.75, 3.05) is 7.05 Å². The van der Waals surface area contributed by atoms with Crippen LogP contribution in [0, 0.1) is 0 Å². The first-order valence-corrected chi connectivity index (χ1v) is 5.26. The summed E-state index contributed by atoms with van der Waals surface area (Å²) < 4.78 is 0. The largest absolute Gasteiger partial charge is 0.480 e. The van der Waals surface area contributed by atoms with Gasteiger partial charge in [0.25, 0.3) is 0 Å². The number of H-pyrrole nitrogens is 1. The van der Waals surface area contributed by atoms with Gasteiger partial charge >= 0.3 is 12.0 Å². The number of amides is 2. The summed E-state index contributed by atoms with van der Waals surface area (Å²) in [5, 5.41) is 17.7. The molecule has 1 rings (SSSR count). The van der Waals surface area contributed by atoms with Crippen molar-refractivity contribution in [3.05, 3.63) is 18.0 Å². The van der Waals surface area contributed by atoms with E-state index in [1.165, 1.54) is 4.90 Å². The van der Waals surface area contributed by atoms with Gasteiger partial charge in [0.05, 0.1) is 12.7 Å². The van der Waals surface area contributed by atoms with E-state index in [0.29, 0.717) is 13.0 Å². The molecule has 0 bridgehead atoms. The van der Waals surface area contributed by atoms with E-state index in [4.69, 9.17) is 5.11 Å². The summed E-state index contributed by atoms with van der Waals surface area (Å²) in [6, 6.07) is -1.27. The van der Waals surface area contributed by atoms with E-state index in [1.807, 2.05) is 0 Å². The number of hydrogen-bond donors (Lipinski definition) is 3. The predicted molar refractivity (Wildman–Crippen MR) is 60.3 cm³/mol. The number of aliphatic carboxylic acids is 1. The minimum Gasteiger partial charge on any atom is -0.480 e. The van der Waals surface area contributed by atoms with Gasteiger partial charge in [-0.05, 0) is 6.42 Å². The van der Waals surface area contributed by atoms with Crippen LogP contribution in [-0.2, 0) is 11.3 Å². The first kappa shape index (κ1) is 13.0. The second-order valence-corrected chi connectivity index (χ2v) is 3.71. The third-order valence-corrected chi connectivity index (χ3v) is 2.33. The Morgan fingerprint density at radius 2 is 2.35 bits per heavy atom. The molecule has 1 aromatic rings. The van der Waals surface area contributed by atoms with Crippen molar-refractivity contribution < 1.29 is 14.7 Å². The fraction of sp³-hybridized carbons (Fsp3) is 0.500. The normalized spacial score (nSPS) is 11.9. The third kappa shape index (κ3) is 3.78. The molecule has 1 aromatic heterocycles. The Morgan fingerprint density at radius 1 is 1.65 bits per heavy atom. The summed E-state index contributed by atoms with van der Waals surface area (Å²) in [4.78, 5) is 23.8. The maximum atomic E-state index is 11.7. The number of aromatic amines is 1. The number of carbonyl (C=O) groups excluding carboxylic acids is 1. The van der Waals surface area contributed by atoms with Gasteiger partial charge in [-0.25, -0.2) is 9.59 Å². The van der Waals surface area contributed by atoms with E-state index in [9.17, 15) is 9.59 Å². The predicted octanol–water partition coefficient (Wildman–Crippen LogP) is 0.414. The average molecular weight is 240 g/mol. The van der Waals surface area contributed by atoms with Crippen LogP contribution in [0.4, 0.5) is 4.79 Å². The highest BCUT2D eigenvalue weighted by Gasteiger charge is 2.19. The fourth-order valence-electron chi connectivity index (χ4n) is 1.31. The molecular formula is C10H16N4O3. The van der Waals surface area contributed by atoms with Crippen LogP contribution < -0.4 is 5.32 Å². The highest BCUT2D eigenvalue weighted by molar-refractivity contribution is 5.82. The van der Waals surface area contributed by atoms with E-state index in [1.54, 1.807) is 26.4 Å². The van der Waals surface area contributed by atoms with Gasteiger partial charge in [0.1, 0.15) is 6.04 Å². The summed E-state index contributed by atoms with van der Waals surface area (Å²) in [6.45, 7) is 2.08. The van der Waals surface area contributed by atoms with Crippen LogP contribution in [0.15, 0.2) is 12.4 Å². The zero-order valence-corrected chi connectivity index (χ0v) is 9.80. The molecule has 0 aromatic carbocycles. The van der Waals surface area contributed by atoms with E-state index < -0.39 is 18.0 Å². The second kappa shape index (κ2) is 5.88. The smallest absolute Gasteiger partial charge is 0.326 e. The highest BCUT2D eigenvalue weighted by Crippen LogP contribution is 2.01. The van der Waals surface area contributed by atoms with Crippen molar-refractivity contribution in [1.82, 2.24) is 20.4 Å². The summed E-state index contributed by atoms with van der Waals surface area (Å²) in [5.41, 5.74) is 0.853. The molecule has 0 aliphatic rings. The Labute approximate surface area is 98.8 Å². The molecule has 0 saturated heterocycles. The maximum absolute atomic E-state index is 11.7. The molecule has 1 atom stereocenters. The number of carbonyl (C=O) groups is 2. The average Bonchev–Trinajstić information content (AvgIpc) is 2.77. The number of nitrogens with zero attached hydrogens (tertiary/aromatic N) is 2. The number of carboxylic acid groups (broad SMARTS) is 1. The van der Waals surface area contributed by atoms with Crippen molar-refractivity contribution in [2.45, 2.75) is 25.9 Å². The Kier molecular flexibility index (Phi) is 4.50. The summed E-state index contributed by atoms with van der Waals surface area (Å²) in [7, 11) is 1.59. The van der Waals surface area contributed by atoms with Crippen molar-refractivity contribution in [3.63, 3.8) is 0 Å². The molecule has 7 heteroatoms. The van der Waals surface area contributed by atoms with Gasteiger partial charge in [-0.3, -0.25) is 5.10 Å². The van der Waals surface area contributed by atoms with E-state index in [-0.39, 0.29) is 0 Å². The van der Waals surface area contributed by atoms with Gasteiger partial charge in [-0.2, -0.15) is 5.10 Å². The summed E-state index contributed by atoms with van der Waals surface area (Å²) >= 11 is 0. The molecule has 0 fully saturated rings. The van der Waals surface area contributed by atoms with E-state index in [2.05, 4.69) is 15.5 Å². The SMILES string of the molecule is CC[C@H](NC(=O)N(C)Cc1cn[nH]c1)C(=O)O. The Hall–Kier alpha value is -2.05. The van der Waals surface area contributed by atoms with Crippen LogP contribution >= 0.6 is 0 Å². The molecule has 94 valence electrons. The molecule has 0 spiro atoms. The lowest BCUT2D eigenvalue weighted by atomic mass is 10.2. The van der Waals surface area contributed by atoms with Crippen molar-refractivity contribution in [3.8, 4) is 0 Å². The molecule has 0 unspecified atom stereocenters. The molecule has 0 aliphatic carbocycles. The van der Waals surface area contributed by atoms with Gasteiger partial charge in [0.15, 0.2) is 0 Å². The molecule has 0 radical (unpaired) electrons. The molecule has 1 heterocycles. The zero-order valence-electron chi connectivity index (χ0n) is 9.80. The number of hydrogen-bond acceptors (Lipinski definition) is 3. The molecule has 0 aliphatic heterocycles. The Balaban J connectivity index is 2.49. The lowest BCUT2D eigenvalue weighted by Crippen LogP contribution is -2.46. The number of rotatable bonds is 5. The van der Waals surface area contributed by atoms with Crippen LogP contribution in [0.5, 0.6) is 0 Å². The Morgan fingerprint density at radius 3 is 2.82 bits per heavy atom. The molecule has 17 heavy (non-hydrogen) atoms.